The number of aryl methyl sites for hydroxylation is 2. The molecule has 2 aromatic heterocycles. The van der Waals surface area contributed by atoms with Gasteiger partial charge in [-0.3, -0.25) is 4.68 Å². The lowest BCUT2D eigenvalue weighted by Gasteiger charge is -2.07. The monoisotopic (exact) mass is 293 g/mol. The maximum atomic E-state index is 4.62. The van der Waals surface area contributed by atoms with E-state index in [0.29, 0.717) is 5.82 Å². The highest BCUT2D eigenvalue weighted by Gasteiger charge is 2.14. The molecule has 5 nitrogen and oxygen atoms in total. The molecule has 0 atom stereocenters. The summed E-state index contributed by atoms with van der Waals surface area (Å²) in [4.78, 5) is 9.01. The second kappa shape index (κ2) is 5.97. The summed E-state index contributed by atoms with van der Waals surface area (Å²) in [6.45, 7) is 4.75. The molecule has 0 unspecified atom stereocenters. The first-order valence-corrected chi connectivity index (χ1v) is 7.26. The molecule has 0 bridgehead atoms. The Bertz CT molecular complexity index is 777. The molecule has 1 aromatic carbocycles. The summed E-state index contributed by atoms with van der Waals surface area (Å²) in [6, 6.07) is 12.1. The molecule has 0 aliphatic carbocycles. The van der Waals surface area contributed by atoms with Crippen LogP contribution in [0.3, 0.4) is 0 Å². The molecule has 2 heterocycles. The Labute approximate surface area is 130 Å². The zero-order valence-corrected chi connectivity index (χ0v) is 13.0. The van der Waals surface area contributed by atoms with Crippen LogP contribution in [0.4, 0.5) is 5.82 Å². The van der Waals surface area contributed by atoms with Crippen LogP contribution in [0.25, 0.3) is 11.4 Å². The third-order valence-electron chi connectivity index (χ3n) is 3.70. The third-order valence-corrected chi connectivity index (χ3v) is 3.70. The van der Waals surface area contributed by atoms with Gasteiger partial charge in [0.25, 0.3) is 0 Å². The lowest BCUT2D eigenvalue weighted by molar-refractivity contribution is 0.731. The Hall–Kier alpha value is -2.69. The SMILES string of the molecule is Cc1nn(C)c(C)c1-c1nccc(NCc2ccccc2)n1. The topological polar surface area (TPSA) is 55.6 Å². The van der Waals surface area contributed by atoms with Crippen LogP contribution in [-0.4, -0.2) is 19.7 Å². The van der Waals surface area contributed by atoms with E-state index < -0.39 is 0 Å². The average molecular weight is 293 g/mol. The van der Waals surface area contributed by atoms with E-state index in [9.17, 15) is 0 Å². The molecule has 0 saturated heterocycles. The van der Waals surface area contributed by atoms with Crippen LogP contribution in [0, 0.1) is 13.8 Å². The van der Waals surface area contributed by atoms with Crippen molar-refractivity contribution in [3.8, 4) is 11.4 Å². The molecule has 112 valence electrons. The first kappa shape index (κ1) is 14.3. The Morgan fingerprint density at radius 3 is 2.55 bits per heavy atom. The van der Waals surface area contributed by atoms with Gasteiger partial charge in [-0.25, -0.2) is 9.97 Å². The first-order chi connectivity index (χ1) is 10.6. The van der Waals surface area contributed by atoms with E-state index in [1.54, 1.807) is 6.20 Å². The number of rotatable bonds is 4. The van der Waals surface area contributed by atoms with Crippen molar-refractivity contribution in [3.63, 3.8) is 0 Å². The molecule has 0 saturated carbocycles. The van der Waals surface area contributed by atoms with E-state index in [0.717, 1.165) is 29.3 Å². The molecule has 22 heavy (non-hydrogen) atoms. The lowest BCUT2D eigenvalue weighted by atomic mass is 10.2. The van der Waals surface area contributed by atoms with Crippen molar-refractivity contribution < 1.29 is 0 Å². The van der Waals surface area contributed by atoms with Crippen LogP contribution in [0.5, 0.6) is 0 Å². The van der Waals surface area contributed by atoms with Crippen molar-refractivity contribution in [1.29, 1.82) is 0 Å². The molecule has 0 aliphatic heterocycles. The highest BCUT2D eigenvalue weighted by molar-refractivity contribution is 5.62. The van der Waals surface area contributed by atoms with Gasteiger partial charge in [0.05, 0.1) is 11.3 Å². The fourth-order valence-corrected chi connectivity index (χ4v) is 2.46. The van der Waals surface area contributed by atoms with Gasteiger partial charge in [-0.05, 0) is 25.5 Å². The molecule has 0 fully saturated rings. The van der Waals surface area contributed by atoms with Crippen molar-refractivity contribution in [1.82, 2.24) is 19.7 Å². The van der Waals surface area contributed by atoms with Crippen molar-refractivity contribution in [2.24, 2.45) is 7.05 Å². The molecule has 3 rings (SSSR count). The fourth-order valence-electron chi connectivity index (χ4n) is 2.46. The van der Waals surface area contributed by atoms with Crippen molar-refractivity contribution in [2.45, 2.75) is 20.4 Å². The number of hydrogen-bond acceptors (Lipinski definition) is 4. The summed E-state index contributed by atoms with van der Waals surface area (Å²) in [5.41, 5.74) is 4.24. The van der Waals surface area contributed by atoms with Crippen molar-refractivity contribution >= 4 is 5.82 Å². The van der Waals surface area contributed by atoms with Gasteiger partial charge in [-0.2, -0.15) is 5.10 Å². The van der Waals surface area contributed by atoms with E-state index in [-0.39, 0.29) is 0 Å². The molecular formula is C17H19N5. The maximum absolute atomic E-state index is 4.62. The Morgan fingerprint density at radius 1 is 1.09 bits per heavy atom. The predicted octanol–water partition coefficient (Wildman–Crippen LogP) is 3.11. The smallest absolute Gasteiger partial charge is 0.165 e. The van der Waals surface area contributed by atoms with Crippen LogP contribution in [0.15, 0.2) is 42.6 Å². The molecule has 3 aromatic rings. The highest BCUT2D eigenvalue weighted by Crippen LogP contribution is 2.23. The minimum atomic E-state index is 0.709. The van der Waals surface area contributed by atoms with E-state index in [1.165, 1.54) is 5.56 Å². The normalized spacial score (nSPS) is 10.7. The minimum Gasteiger partial charge on any atom is -0.366 e. The van der Waals surface area contributed by atoms with E-state index >= 15 is 0 Å². The average Bonchev–Trinajstić information content (AvgIpc) is 2.79. The van der Waals surface area contributed by atoms with Crippen LogP contribution < -0.4 is 5.32 Å². The number of anilines is 1. The van der Waals surface area contributed by atoms with Gasteiger partial charge in [0.1, 0.15) is 5.82 Å². The number of nitrogens with one attached hydrogen (secondary N) is 1. The zero-order chi connectivity index (χ0) is 15.5. The summed E-state index contributed by atoms with van der Waals surface area (Å²) in [5, 5.41) is 7.76. The van der Waals surface area contributed by atoms with Crippen LogP contribution in [0.1, 0.15) is 17.0 Å². The highest BCUT2D eigenvalue weighted by atomic mass is 15.3. The molecule has 0 amide bonds. The van der Waals surface area contributed by atoms with E-state index in [2.05, 4.69) is 32.5 Å². The summed E-state index contributed by atoms with van der Waals surface area (Å²) in [5.74, 6) is 1.53. The van der Waals surface area contributed by atoms with Gasteiger partial charge in [-0.15, -0.1) is 0 Å². The largest absolute Gasteiger partial charge is 0.366 e. The maximum Gasteiger partial charge on any atom is 0.165 e. The van der Waals surface area contributed by atoms with E-state index in [4.69, 9.17) is 0 Å². The third kappa shape index (κ3) is 2.83. The van der Waals surface area contributed by atoms with E-state index in [1.807, 2.05) is 49.8 Å². The van der Waals surface area contributed by atoms with Crippen molar-refractivity contribution in [2.75, 3.05) is 5.32 Å². The molecular weight excluding hydrogens is 274 g/mol. The first-order valence-electron chi connectivity index (χ1n) is 7.26. The van der Waals surface area contributed by atoms with Gasteiger partial charge in [0, 0.05) is 25.5 Å². The fraction of sp³-hybridized carbons (Fsp3) is 0.235. The summed E-state index contributed by atoms with van der Waals surface area (Å²) >= 11 is 0. The van der Waals surface area contributed by atoms with Gasteiger partial charge in [0.15, 0.2) is 5.82 Å². The van der Waals surface area contributed by atoms with Gasteiger partial charge < -0.3 is 5.32 Å². The van der Waals surface area contributed by atoms with Gasteiger partial charge >= 0.3 is 0 Å². The zero-order valence-electron chi connectivity index (χ0n) is 13.0. The standard InChI is InChI=1S/C17H19N5/c1-12-16(13(2)22(3)21-12)17-18-10-9-15(20-17)19-11-14-7-5-4-6-8-14/h4-10H,11H2,1-3H3,(H,18,19,20). The molecule has 0 radical (unpaired) electrons. The quantitative estimate of drug-likeness (QED) is 0.803. The molecule has 0 aliphatic rings. The summed E-state index contributed by atoms with van der Waals surface area (Å²) in [7, 11) is 1.93. The van der Waals surface area contributed by atoms with Crippen LogP contribution >= 0.6 is 0 Å². The summed E-state index contributed by atoms with van der Waals surface area (Å²) < 4.78 is 1.86. The second-order valence-electron chi connectivity index (χ2n) is 5.27. The Kier molecular flexibility index (Phi) is 3.87. The number of hydrogen-bond donors (Lipinski definition) is 1. The lowest BCUT2D eigenvalue weighted by Crippen LogP contribution is -2.03. The molecule has 1 N–H and O–H groups in total. The predicted molar refractivity (Wildman–Crippen MR) is 87.5 cm³/mol. The van der Waals surface area contributed by atoms with Gasteiger partial charge in [0.2, 0.25) is 0 Å². The Balaban J connectivity index is 1.84. The number of benzene rings is 1. The van der Waals surface area contributed by atoms with Gasteiger partial charge in [-0.1, -0.05) is 30.3 Å². The Morgan fingerprint density at radius 2 is 1.86 bits per heavy atom. The number of nitrogens with zero attached hydrogens (tertiary/aromatic N) is 4. The molecule has 0 spiro atoms. The van der Waals surface area contributed by atoms with Crippen LogP contribution in [0.2, 0.25) is 0 Å². The molecule has 5 heteroatoms. The minimum absolute atomic E-state index is 0.709. The second-order valence-corrected chi connectivity index (χ2v) is 5.27. The summed E-state index contributed by atoms with van der Waals surface area (Å²) in [6.07, 6.45) is 1.78. The van der Waals surface area contributed by atoms with Crippen molar-refractivity contribution in [3.05, 3.63) is 59.5 Å². The number of aromatic nitrogens is 4. The van der Waals surface area contributed by atoms with Crippen LogP contribution in [-0.2, 0) is 13.6 Å².